The summed E-state index contributed by atoms with van der Waals surface area (Å²) in [6, 6.07) is 2.26. The number of nitrogens with zero attached hydrogens (tertiary/aromatic N) is 7. The van der Waals surface area contributed by atoms with Crippen LogP contribution in [0.15, 0.2) is 24.8 Å². The third-order valence-corrected chi connectivity index (χ3v) is 4.59. The molecule has 3 aromatic heterocycles. The van der Waals surface area contributed by atoms with Crippen molar-refractivity contribution < 1.29 is 4.79 Å². The van der Waals surface area contributed by atoms with Gasteiger partial charge in [-0.2, -0.15) is 19.7 Å². The fourth-order valence-corrected chi connectivity index (χ4v) is 3.17. The maximum Gasteiger partial charge on any atom is 0.254 e. The van der Waals surface area contributed by atoms with Gasteiger partial charge in [-0.1, -0.05) is 13.8 Å². The average Bonchev–Trinajstić information content (AvgIpc) is 3.32. The van der Waals surface area contributed by atoms with Gasteiger partial charge >= 0.3 is 0 Å². The molecule has 2 N–H and O–H groups in total. The third kappa shape index (κ3) is 2.71. The highest BCUT2D eigenvalue weighted by Crippen LogP contribution is 2.28. The average molecular weight is 340 g/mol. The molecule has 1 unspecified atom stereocenters. The highest BCUT2D eigenvalue weighted by Gasteiger charge is 2.27. The molecule has 0 aromatic carbocycles. The van der Waals surface area contributed by atoms with Gasteiger partial charge in [0.15, 0.2) is 0 Å². The molecule has 1 aliphatic heterocycles. The number of nitrogens with two attached hydrogens (primary N) is 1. The van der Waals surface area contributed by atoms with Gasteiger partial charge in [0, 0.05) is 25.4 Å². The highest BCUT2D eigenvalue weighted by atomic mass is 16.1. The first-order valence-corrected chi connectivity index (χ1v) is 8.32. The first-order chi connectivity index (χ1) is 12.0. The minimum absolute atomic E-state index is 0.183. The number of primary amides is 1. The molecule has 4 rings (SSSR count). The van der Waals surface area contributed by atoms with Crippen molar-refractivity contribution in [3.05, 3.63) is 36.0 Å². The van der Waals surface area contributed by atoms with E-state index in [4.69, 9.17) is 5.73 Å². The van der Waals surface area contributed by atoms with Crippen molar-refractivity contribution >= 4 is 17.5 Å². The van der Waals surface area contributed by atoms with Crippen molar-refractivity contribution in [2.75, 3.05) is 18.0 Å². The first-order valence-electron chi connectivity index (χ1n) is 8.32. The molecule has 25 heavy (non-hydrogen) atoms. The van der Waals surface area contributed by atoms with Gasteiger partial charge in [0.25, 0.3) is 11.7 Å². The summed E-state index contributed by atoms with van der Waals surface area (Å²) in [5.41, 5.74) is 6.74. The second kappa shape index (κ2) is 5.83. The van der Waals surface area contributed by atoms with E-state index in [1.54, 1.807) is 10.7 Å². The topological polar surface area (TPSA) is 107 Å². The molecule has 0 spiro atoms. The number of anilines is 1. The van der Waals surface area contributed by atoms with E-state index in [1.165, 1.54) is 12.5 Å². The van der Waals surface area contributed by atoms with E-state index < -0.39 is 5.91 Å². The van der Waals surface area contributed by atoms with Crippen LogP contribution >= 0.6 is 0 Å². The lowest BCUT2D eigenvalue weighted by Crippen LogP contribution is -2.24. The molecule has 0 saturated carbocycles. The molecule has 1 fully saturated rings. The van der Waals surface area contributed by atoms with Gasteiger partial charge in [-0.25, -0.2) is 4.98 Å². The highest BCUT2D eigenvalue weighted by molar-refractivity contribution is 5.92. The summed E-state index contributed by atoms with van der Waals surface area (Å²) in [6.07, 6.45) is 5.68. The SMILES string of the molecule is CC(C)c1cc(N2CCC(n3cc(C(N)=O)cn3)C2)n2ncnc2n1. The van der Waals surface area contributed by atoms with Gasteiger partial charge in [-0.3, -0.25) is 9.48 Å². The lowest BCUT2D eigenvalue weighted by Gasteiger charge is -2.20. The van der Waals surface area contributed by atoms with Crippen molar-refractivity contribution in [2.45, 2.75) is 32.2 Å². The molecular weight excluding hydrogens is 320 g/mol. The molecule has 0 radical (unpaired) electrons. The number of hydrogen-bond acceptors (Lipinski definition) is 6. The molecule has 1 aliphatic rings. The Morgan fingerprint density at radius 2 is 2.20 bits per heavy atom. The molecule has 1 amide bonds. The summed E-state index contributed by atoms with van der Waals surface area (Å²) in [7, 11) is 0. The smallest absolute Gasteiger partial charge is 0.254 e. The van der Waals surface area contributed by atoms with Crippen LogP contribution in [0.25, 0.3) is 5.78 Å². The Kier molecular flexibility index (Phi) is 3.63. The van der Waals surface area contributed by atoms with Crippen LogP contribution in [0.5, 0.6) is 0 Å². The Balaban J connectivity index is 1.64. The number of hydrogen-bond donors (Lipinski definition) is 1. The Bertz CT molecular complexity index is 927. The molecule has 9 nitrogen and oxygen atoms in total. The van der Waals surface area contributed by atoms with E-state index in [0.29, 0.717) is 17.3 Å². The van der Waals surface area contributed by atoms with Crippen molar-refractivity contribution in [1.29, 1.82) is 0 Å². The molecular formula is C16H20N8O. The maximum atomic E-state index is 11.3. The van der Waals surface area contributed by atoms with E-state index >= 15 is 0 Å². The molecule has 0 bridgehead atoms. The summed E-state index contributed by atoms with van der Waals surface area (Å²) in [5, 5.41) is 8.59. The Labute approximate surface area is 144 Å². The molecule has 3 aromatic rings. The van der Waals surface area contributed by atoms with Gasteiger partial charge < -0.3 is 10.6 Å². The molecule has 4 heterocycles. The normalized spacial score (nSPS) is 17.7. The summed E-state index contributed by atoms with van der Waals surface area (Å²) < 4.78 is 3.59. The number of rotatable bonds is 4. The fraction of sp³-hybridized carbons (Fsp3) is 0.438. The summed E-state index contributed by atoms with van der Waals surface area (Å²) in [4.78, 5) is 22.3. The largest absolute Gasteiger partial charge is 0.366 e. The van der Waals surface area contributed by atoms with Crippen molar-refractivity contribution in [3.8, 4) is 0 Å². The van der Waals surface area contributed by atoms with Gasteiger partial charge in [-0.05, 0) is 12.3 Å². The van der Waals surface area contributed by atoms with Crippen LogP contribution in [0.2, 0.25) is 0 Å². The predicted molar refractivity (Wildman–Crippen MR) is 91.5 cm³/mol. The first kappa shape index (κ1) is 15.6. The minimum atomic E-state index is -0.457. The van der Waals surface area contributed by atoms with Crippen molar-refractivity contribution in [1.82, 2.24) is 29.4 Å². The lowest BCUT2D eigenvalue weighted by molar-refractivity contribution is 0.1000. The number of aromatic nitrogens is 6. The van der Waals surface area contributed by atoms with Crippen molar-refractivity contribution in [3.63, 3.8) is 0 Å². The zero-order valence-corrected chi connectivity index (χ0v) is 14.2. The number of carbonyl (C=O) groups excluding carboxylic acids is 1. The maximum absolute atomic E-state index is 11.3. The summed E-state index contributed by atoms with van der Waals surface area (Å²) >= 11 is 0. The van der Waals surface area contributed by atoms with Crippen LogP contribution in [0, 0.1) is 0 Å². The number of fused-ring (bicyclic) bond motifs is 1. The third-order valence-electron chi connectivity index (χ3n) is 4.59. The Morgan fingerprint density at radius 1 is 1.36 bits per heavy atom. The molecule has 0 aliphatic carbocycles. The molecule has 130 valence electrons. The van der Waals surface area contributed by atoms with E-state index in [9.17, 15) is 4.79 Å². The van der Waals surface area contributed by atoms with Crippen LogP contribution in [0.4, 0.5) is 5.82 Å². The van der Waals surface area contributed by atoms with Crippen LogP contribution < -0.4 is 10.6 Å². The minimum Gasteiger partial charge on any atom is -0.366 e. The molecule has 1 saturated heterocycles. The second-order valence-electron chi connectivity index (χ2n) is 6.63. The summed E-state index contributed by atoms with van der Waals surface area (Å²) in [5.74, 6) is 1.44. The van der Waals surface area contributed by atoms with Crippen LogP contribution in [0.1, 0.15) is 48.3 Å². The second-order valence-corrected chi connectivity index (χ2v) is 6.63. The molecule has 1 atom stereocenters. The standard InChI is InChI=1S/C16H20N8O/c1-10(2)13-5-14(24-16(21-13)18-9-20-24)22-4-3-12(8-22)23-7-11(6-19-23)15(17)25/h5-7,9-10,12H,3-4,8H2,1-2H3,(H2,17,25). The van der Waals surface area contributed by atoms with Gasteiger partial charge in [0.2, 0.25) is 0 Å². The van der Waals surface area contributed by atoms with E-state index in [-0.39, 0.29) is 6.04 Å². The number of carbonyl (C=O) groups is 1. The van der Waals surface area contributed by atoms with Crippen LogP contribution in [-0.4, -0.2) is 48.4 Å². The quantitative estimate of drug-likeness (QED) is 0.759. The monoisotopic (exact) mass is 340 g/mol. The number of amides is 1. The molecule has 9 heteroatoms. The van der Waals surface area contributed by atoms with Crippen LogP contribution in [0.3, 0.4) is 0 Å². The van der Waals surface area contributed by atoms with Gasteiger partial charge in [-0.15, -0.1) is 0 Å². The van der Waals surface area contributed by atoms with Gasteiger partial charge in [0.1, 0.15) is 12.1 Å². The van der Waals surface area contributed by atoms with E-state index in [1.807, 2.05) is 4.68 Å². The van der Waals surface area contributed by atoms with Crippen LogP contribution in [-0.2, 0) is 0 Å². The van der Waals surface area contributed by atoms with E-state index in [0.717, 1.165) is 31.0 Å². The lowest BCUT2D eigenvalue weighted by atomic mass is 10.1. The van der Waals surface area contributed by atoms with Gasteiger partial charge in [0.05, 0.1) is 23.5 Å². The zero-order valence-electron chi connectivity index (χ0n) is 14.2. The predicted octanol–water partition coefficient (Wildman–Crippen LogP) is 0.994. The van der Waals surface area contributed by atoms with E-state index in [2.05, 4.69) is 45.0 Å². The Hall–Kier alpha value is -2.97. The zero-order chi connectivity index (χ0) is 17.6. The van der Waals surface area contributed by atoms with Crippen molar-refractivity contribution in [2.24, 2.45) is 5.73 Å². The summed E-state index contributed by atoms with van der Waals surface area (Å²) in [6.45, 7) is 5.87. The Morgan fingerprint density at radius 3 is 2.92 bits per heavy atom. The fourth-order valence-electron chi connectivity index (χ4n) is 3.17.